The Hall–Kier alpha value is -1.22. The van der Waals surface area contributed by atoms with Gasteiger partial charge in [0.05, 0.1) is 6.54 Å². The smallest absolute Gasteiger partial charge is 0.133 e. The molecule has 1 heterocycles. The molecule has 1 aliphatic rings. The monoisotopic (exact) mass is 235 g/mol. The molecule has 0 aromatic heterocycles. The van der Waals surface area contributed by atoms with Crippen molar-refractivity contribution in [3.63, 3.8) is 0 Å². The number of aldehydes is 1. The summed E-state index contributed by atoms with van der Waals surface area (Å²) >= 11 is 0. The summed E-state index contributed by atoms with van der Waals surface area (Å²) in [4.78, 5) is 12.6. The molecular weight excluding hydrogens is 217 g/mol. The minimum absolute atomic E-state index is 0.172. The Labute approximate surface area is 101 Å². The molecule has 0 amide bonds. The average Bonchev–Trinajstić information content (AvgIpc) is 2.35. The summed E-state index contributed by atoms with van der Waals surface area (Å²) in [5, 5.41) is 0. The van der Waals surface area contributed by atoms with Gasteiger partial charge in [-0.25, -0.2) is 4.39 Å². The summed E-state index contributed by atoms with van der Waals surface area (Å²) < 4.78 is 12.8. The second-order valence-corrected chi connectivity index (χ2v) is 4.74. The normalized spacial score (nSPS) is 18.2. The van der Waals surface area contributed by atoms with Crippen LogP contribution in [-0.4, -0.2) is 30.8 Å². The first kappa shape index (κ1) is 12.2. The van der Waals surface area contributed by atoms with Crippen LogP contribution in [0.2, 0.25) is 0 Å². The van der Waals surface area contributed by atoms with Crippen molar-refractivity contribution in [2.24, 2.45) is 5.92 Å². The van der Waals surface area contributed by atoms with Crippen molar-refractivity contribution in [2.45, 2.75) is 19.3 Å². The fourth-order valence-corrected chi connectivity index (χ4v) is 2.43. The van der Waals surface area contributed by atoms with Crippen LogP contribution in [-0.2, 0) is 11.2 Å². The number of piperidine rings is 1. The molecule has 0 bridgehead atoms. The Balaban J connectivity index is 1.81. The van der Waals surface area contributed by atoms with E-state index in [0.29, 0.717) is 12.5 Å². The van der Waals surface area contributed by atoms with Gasteiger partial charge in [-0.3, -0.25) is 4.90 Å². The zero-order valence-corrected chi connectivity index (χ0v) is 9.94. The van der Waals surface area contributed by atoms with Gasteiger partial charge in [-0.05, 0) is 56.0 Å². The van der Waals surface area contributed by atoms with Crippen molar-refractivity contribution < 1.29 is 9.18 Å². The third-order valence-corrected chi connectivity index (χ3v) is 3.48. The molecule has 1 aromatic carbocycles. The first-order valence-corrected chi connectivity index (χ1v) is 6.18. The number of carbonyl (C=O) groups excluding carboxylic acids is 1. The highest BCUT2D eigenvalue weighted by Crippen LogP contribution is 2.21. The molecule has 1 saturated heterocycles. The van der Waals surface area contributed by atoms with E-state index in [0.717, 1.165) is 38.6 Å². The Morgan fingerprint density at radius 2 is 1.88 bits per heavy atom. The second kappa shape index (κ2) is 5.92. The molecule has 3 heteroatoms. The molecule has 1 fully saturated rings. The molecule has 0 N–H and O–H groups in total. The molecule has 0 radical (unpaired) electrons. The Kier molecular flexibility index (Phi) is 4.26. The maximum atomic E-state index is 12.8. The number of benzene rings is 1. The summed E-state index contributed by atoms with van der Waals surface area (Å²) in [7, 11) is 0. The fourth-order valence-electron chi connectivity index (χ4n) is 2.43. The zero-order chi connectivity index (χ0) is 12.1. The van der Waals surface area contributed by atoms with Crippen LogP contribution >= 0.6 is 0 Å². The summed E-state index contributed by atoms with van der Waals surface area (Å²) in [6.07, 6.45) is 4.26. The van der Waals surface area contributed by atoms with Crippen molar-refractivity contribution >= 4 is 6.29 Å². The second-order valence-electron chi connectivity index (χ2n) is 4.74. The van der Waals surface area contributed by atoms with Gasteiger partial charge < -0.3 is 4.79 Å². The fraction of sp³-hybridized carbons (Fsp3) is 0.500. The van der Waals surface area contributed by atoms with Crippen LogP contribution in [0.4, 0.5) is 4.39 Å². The predicted octanol–water partition coefficient (Wildman–Crippen LogP) is 2.28. The number of rotatable bonds is 4. The minimum atomic E-state index is -0.172. The average molecular weight is 235 g/mol. The van der Waals surface area contributed by atoms with Gasteiger partial charge in [-0.2, -0.15) is 0 Å². The van der Waals surface area contributed by atoms with Crippen LogP contribution in [0.15, 0.2) is 24.3 Å². The van der Waals surface area contributed by atoms with Crippen LogP contribution in [0, 0.1) is 11.7 Å². The molecule has 0 aliphatic carbocycles. The summed E-state index contributed by atoms with van der Waals surface area (Å²) in [5.41, 5.74) is 1.21. The maximum Gasteiger partial charge on any atom is 0.133 e. The van der Waals surface area contributed by atoms with Crippen molar-refractivity contribution in [3.8, 4) is 0 Å². The highest BCUT2D eigenvalue weighted by atomic mass is 19.1. The quantitative estimate of drug-likeness (QED) is 0.746. The number of likely N-dealkylation sites (tertiary alicyclic amines) is 1. The molecule has 2 rings (SSSR count). The molecule has 0 saturated carbocycles. The minimum Gasteiger partial charge on any atom is -0.302 e. The Morgan fingerprint density at radius 1 is 1.24 bits per heavy atom. The topological polar surface area (TPSA) is 20.3 Å². The SMILES string of the molecule is O=CCN1CCC(Cc2ccc(F)cc2)CC1. The molecule has 0 unspecified atom stereocenters. The lowest BCUT2D eigenvalue weighted by atomic mass is 9.90. The van der Waals surface area contributed by atoms with Gasteiger partial charge in [0.25, 0.3) is 0 Å². The highest BCUT2D eigenvalue weighted by molar-refractivity contribution is 5.51. The number of carbonyl (C=O) groups is 1. The molecule has 17 heavy (non-hydrogen) atoms. The van der Waals surface area contributed by atoms with Crippen LogP contribution in [0.25, 0.3) is 0 Å². The van der Waals surface area contributed by atoms with E-state index in [-0.39, 0.29) is 5.82 Å². The number of hydrogen-bond donors (Lipinski definition) is 0. The van der Waals surface area contributed by atoms with Crippen LogP contribution in [0.3, 0.4) is 0 Å². The predicted molar refractivity (Wildman–Crippen MR) is 65.3 cm³/mol. The van der Waals surface area contributed by atoms with E-state index < -0.39 is 0 Å². The van der Waals surface area contributed by atoms with E-state index >= 15 is 0 Å². The molecule has 0 atom stereocenters. The Bertz CT molecular complexity index is 355. The van der Waals surface area contributed by atoms with E-state index in [4.69, 9.17) is 0 Å². The van der Waals surface area contributed by atoms with Gasteiger partial charge in [0.2, 0.25) is 0 Å². The van der Waals surface area contributed by atoms with Gasteiger partial charge in [0.1, 0.15) is 12.1 Å². The van der Waals surface area contributed by atoms with Crippen molar-refractivity contribution in [2.75, 3.05) is 19.6 Å². The third kappa shape index (κ3) is 3.63. The van der Waals surface area contributed by atoms with Gasteiger partial charge in [0, 0.05) is 0 Å². The van der Waals surface area contributed by atoms with Gasteiger partial charge in [-0.15, -0.1) is 0 Å². The van der Waals surface area contributed by atoms with E-state index in [1.165, 1.54) is 17.7 Å². The lowest BCUT2D eigenvalue weighted by Gasteiger charge is -2.30. The summed E-state index contributed by atoms with van der Waals surface area (Å²) in [6.45, 7) is 2.57. The summed E-state index contributed by atoms with van der Waals surface area (Å²) in [6, 6.07) is 6.79. The van der Waals surface area contributed by atoms with Gasteiger partial charge in [0.15, 0.2) is 0 Å². The van der Waals surface area contributed by atoms with Crippen molar-refractivity contribution in [3.05, 3.63) is 35.6 Å². The molecule has 1 aromatic rings. The molecule has 2 nitrogen and oxygen atoms in total. The van der Waals surface area contributed by atoms with Gasteiger partial charge >= 0.3 is 0 Å². The standard InChI is InChI=1S/C14H18FNO/c15-14-3-1-12(2-4-14)11-13-5-7-16(8-6-13)9-10-17/h1-4,10,13H,5-9,11H2. The maximum absolute atomic E-state index is 12.8. The molecule has 0 spiro atoms. The lowest BCUT2D eigenvalue weighted by molar-refractivity contribution is -0.109. The van der Waals surface area contributed by atoms with E-state index in [9.17, 15) is 9.18 Å². The first-order chi connectivity index (χ1) is 8.28. The third-order valence-electron chi connectivity index (χ3n) is 3.48. The Morgan fingerprint density at radius 3 is 2.47 bits per heavy atom. The van der Waals surface area contributed by atoms with E-state index in [1.54, 1.807) is 0 Å². The number of halogens is 1. The summed E-state index contributed by atoms with van der Waals surface area (Å²) in [5.74, 6) is 0.498. The molecular formula is C14H18FNO. The van der Waals surface area contributed by atoms with Crippen molar-refractivity contribution in [1.82, 2.24) is 4.90 Å². The van der Waals surface area contributed by atoms with E-state index in [1.807, 2.05) is 12.1 Å². The van der Waals surface area contributed by atoms with Crippen LogP contribution in [0.1, 0.15) is 18.4 Å². The van der Waals surface area contributed by atoms with Crippen molar-refractivity contribution in [1.29, 1.82) is 0 Å². The number of hydrogen-bond acceptors (Lipinski definition) is 2. The van der Waals surface area contributed by atoms with E-state index in [2.05, 4.69) is 4.90 Å². The van der Waals surface area contributed by atoms with Crippen LogP contribution in [0.5, 0.6) is 0 Å². The lowest BCUT2D eigenvalue weighted by Crippen LogP contribution is -2.35. The highest BCUT2D eigenvalue weighted by Gasteiger charge is 2.18. The zero-order valence-electron chi connectivity index (χ0n) is 9.94. The number of nitrogens with zero attached hydrogens (tertiary/aromatic N) is 1. The first-order valence-electron chi connectivity index (χ1n) is 6.18. The molecule has 92 valence electrons. The molecule has 1 aliphatic heterocycles. The van der Waals surface area contributed by atoms with Gasteiger partial charge in [-0.1, -0.05) is 12.1 Å². The van der Waals surface area contributed by atoms with Crippen LogP contribution < -0.4 is 0 Å². The largest absolute Gasteiger partial charge is 0.302 e.